The lowest BCUT2D eigenvalue weighted by atomic mass is 10.1. The van der Waals surface area contributed by atoms with Crippen molar-refractivity contribution in [3.8, 4) is 0 Å². The van der Waals surface area contributed by atoms with Crippen LogP contribution in [0, 0.1) is 0 Å². The van der Waals surface area contributed by atoms with Gasteiger partial charge in [0.15, 0.2) is 6.35 Å². The van der Waals surface area contributed by atoms with Crippen molar-refractivity contribution >= 4 is 29.1 Å². The number of rotatable bonds is 10. The molecular weight excluding hydrogens is 481 g/mol. The SMILES string of the molecule is CNC(NC(N)O)c1ccc(C(NC[C@@H]2COCCN2C(=O)c2cc(Cl)cc(Cl)c2)OC)cc1. The number of nitrogens with zero attached hydrogens (tertiary/aromatic N) is 1. The molecule has 186 valence electrons. The third kappa shape index (κ3) is 7.11. The average molecular weight is 512 g/mol. The molecule has 1 amide bonds. The summed E-state index contributed by atoms with van der Waals surface area (Å²) in [5, 5.41) is 19.5. The van der Waals surface area contributed by atoms with Crippen molar-refractivity contribution in [3.63, 3.8) is 0 Å². The summed E-state index contributed by atoms with van der Waals surface area (Å²) in [6.45, 7) is 1.79. The zero-order valence-corrected chi connectivity index (χ0v) is 20.6. The Morgan fingerprint density at radius 2 is 1.88 bits per heavy atom. The Hall–Kier alpha value is -1.79. The minimum Gasteiger partial charge on any atom is -0.377 e. The molecule has 0 aliphatic carbocycles. The highest BCUT2D eigenvalue weighted by molar-refractivity contribution is 6.35. The van der Waals surface area contributed by atoms with E-state index in [0.29, 0.717) is 41.9 Å². The number of hydrogen-bond acceptors (Lipinski definition) is 8. The lowest BCUT2D eigenvalue weighted by molar-refractivity contribution is -0.00940. The Morgan fingerprint density at radius 3 is 2.47 bits per heavy atom. The van der Waals surface area contributed by atoms with E-state index in [0.717, 1.165) is 11.1 Å². The minimum atomic E-state index is -1.14. The topological polar surface area (TPSA) is 121 Å². The normalized spacial score (nSPS) is 19.0. The van der Waals surface area contributed by atoms with Crippen molar-refractivity contribution in [3.05, 3.63) is 69.2 Å². The maximum atomic E-state index is 13.2. The van der Waals surface area contributed by atoms with E-state index in [2.05, 4.69) is 16.0 Å². The van der Waals surface area contributed by atoms with Gasteiger partial charge in [-0.3, -0.25) is 21.2 Å². The van der Waals surface area contributed by atoms with Crippen molar-refractivity contribution in [2.75, 3.05) is 40.5 Å². The van der Waals surface area contributed by atoms with E-state index >= 15 is 0 Å². The Labute approximate surface area is 209 Å². The van der Waals surface area contributed by atoms with Crippen molar-refractivity contribution in [1.82, 2.24) is 20.9 Å². The van der Waals surface area contributed by atoms with Gasteiger partial charge in [-0.05, 0) is 36.4 Å². The van der Waals surface area contributed by atoms with Gasteiger partial charge in [0.05, 0.1) is 25.4 Å². The highest BCUT2D eigenvalue weighted by atomic mass is 35.5. The van der Waals surface area contributed by atoms with Crippen LogP contribution in [0.5, 0.6) is 0 Å². The van der Waals surface area contributed by atoms with Crippen molar-refractivity contribution in [1.29, 1.82) is 0 Å². The number of nitrogens with one attached hydrogen (secondary N) is 3. The van der Waals surface area contributed by atoms with E-state index in [1.54, 1.807) is 37.3 Å². The first-order valence-corrected chi connectivity index (χ1v) is 11.7. The van der Waals surface area contributed by atoms with Gasteiger partial charge in [0.25, 0.3) is 5.91 Å². The van der Waals surface area contributed by atoms with E-state index in [1.165, 1.54) is 0 Å². The predicted octanol–water partition coefficient (Wildman–Crippen LogP) is 1.81. The highest BCUT2D eigenvalue weighted by Gasteiger charge is 2.29. The number of aliphatic hydroxyl groups excluding tert-OH is 1. The van der Waals surface area contributed by atoms with E-state index in [9.17, 15) is 9.90 Å². The molecule has 1 fully saturated rings. The quantitative estimate of drug-likeness (QED) is 0.306. The fourth-order valence-electron chi connectivity index (χ4n) is 3.90. The third-order valence-electron chi connectivity index (χ3n) is 5.57. The van der Waals surface area contributed by atoms with Crippen LogP contribution >= 0.6 is 23.2 Å². The molecule has 2 aromatic carbocycles. The summed E-state index contributed by atoms with van der Waals surface area (Å²) < 4.78 is 11.3. The number of amides is 1. The first kappa shape index (κ1) is 26.8. The number of ether oxygens (including phenoxy) is 2. The molecule has 4 atom stereocenters. The summed E-state index contributed by atoms with van der Waals surface area (Å²) in [6, 6.07) is 12.3. The summed E-state index contributed by atoms with van der Waals surface area (Å²) in [6.07, 6.45) is -1.84. The summed E-state index contributed by atoms with van der Waals surface area (Å²) in [4.78, 5) is 14.9. The van der Waals surface area contributed by atoms with E-state index in [4.69, 9.17) is 38.4 Å². The minimum absolute atomic E-state index is 0.148. The number of carbonyl (C=O) groups excluding carboxylic acids is 1. The van der Waals surface area contributed by atoms with Crippen molar-refractivity contribution in [2.24, 2.45) is 5.73 Å². The van der Waals surface area contributed by atoms with Crippen LogP contribution in [0.1, 0.15) is 33.9 Å². The molecule has 0 bridgehead atoms. The molecule has 1 aliphatic heterocycles. The second kappa shape index (κ2) is 12.8. The van der Waals surface area contributed by atoms with E-state index in [-0.39, 0.29) is 18.1 Å². The van der Waals surface area contributed by atoms with Crippen LogP contribution < -0.4 is 21.7 Å². The zero-order valence-electron chi connectivity index (χ0n) is 19.1. The Balaban J connectivity index is 1.67. The monoisotopic (exact) mass is 511 g/mol. The summed E-state index contributed by atoms with van der Waals surface area (Å²) in [5.41, 5.74) is 7.68. The van der Waals surface area contributed by atoms with E-state index < -0.39 is 12.6 Å². The summed E-state index contributed by atoms with van der Waals surface area (Å²) in [5.74, 6) is -0.148. The lowest BCUT2D eigenvalue weighted by Crippen LogP contribution is -2.53. The highest BCUT2D eigenvalue weighted by Crippen LogP contribution is 2.22. The van der Waals surface area contributed by atoms with Gasteiger partial charge in [0, 0.05) is 35.8 Å². The number of halogens is 2. The Kier molecular flexibility index (Phi) is 10.1. The number of methoxy groups -OCH3 is 1. The molecule has 2 aromatic rings. The molecule has 0 radical (unpaired) electrons. The second-order valence-corrected chi connectivity index (χ2v) is 8.78. The number of nitrogens with two attached hydrogens (primary N) is 1. The number of morpholine rings is 1. The maximum Gasteiger partial charge on any atom is 0.254 e. The lowest BCUT2D eigenvalue weighted by Gasteiger charge is -2.36. The maximum absolute atomic E-state index is 13.2. The van der Waals surface area contributed by atoms with Gasteiger partial charge in [-0.2, -0.15) is 0 Å². The first-order chi connectivity index (χ1) is 16.3. The van der Waals surface area contributed by atoms with Gasteiger partial charge >= 0.3 is 0 Å². The van der Waals surface area contributed by atoms with Crippen LogP contribution in [0.2, 0.25) is 10.0 Å². The Morgan fingerprint density at radius 1 is 1.24 bits per heavy atom. The van der Waals surface area contributed by atoms with Gasteiger partial charge in [0.2, 0.25) is 0 Å². The average Bonchev–Trinajstić information content (AvgIpc) is 2.82. The van der Waals surface area contributed by atoms with Crippen LogP contribution in [0.3, 0.4) is 0 Å². The fraction of sp³-hybridized carbons (Fsp3) is 0.435. The molecule has 0 aromatic heterocycles. The molecule has 3 rings (SSSR count). The zero-order chi connectivity index (χ0) is 24.7. The predicted molar refractivity (Wildman–Crippen MR) is 131 cm³/mol. The van der Waals surface area contributed by atoms with Gasteiger partial charge in [-0.15, -0.1) is 0 Å². The fourth-order valence-corrected chi connectivity index (χ4v) is 4.42. The van der Waals surface area contributed by atoms with Gasteiger partial charge < -0.3 is 24.8 Å². The first-order valence-electron chi connectivity index (χ1n) is 10.9. The van der Waals surface area contributed by atoms with Gasteiger partial charge in [-0.1, -0.05) is 47.5 Å². The standard InChI is InChI=1S/C23H31Cl2N5O4/c1-27-20(29-23(26)32)14-3-5-15(6-4-14)21(33-2)28-12-19-13-34-8-7-30(19)22(31)16-9-17(24)11-18(25)10-16/h3-6,9-11,19-21,23,27-29,32H,7-8,12-13,26H2,1-2H3/t19-,20?,21?,23?/m1/s1. The Bertz CT molecular complexity index is 927. The smallest absolute Gasteiger partial charge is 0.254 e. The third-order valence-corrected chi connectivity index (χ3v) is 6.01. The summed E-state index contributed by atoms with van der Waals surface area (Å²) in [7, 11) is 3.38. The second-order valence-electron chi connectivity index (χ2n) is 7.91. The van der Waals surface area contributed by atoms with Crippen LogP contribution in [-0.2, 0) is 9.47 Å². The molecule has 6 N–H and O–H groups in total. The molecule has 34 heavy (non-hydrogen) atoms. The van der Waals surface area contributed by atoms with Crippen LogP contribution in [0.25, 0.3) is 0 Å². The molecule has 0 spiro atoms. The molecule has 3 unspecified atom stereocenters. The molecule has 1 heterocycles. The number of benzene rings is 2. The number of carbonyl (C=O) groups is 1. The molecule has 0 saturated carbocycles. The molecule has 11 heteroatoms. The summed E-state index contributed by atoms with van der Waals surface area (Å²) >= 11 is 12.2. The van der Waals surface area contributed by atoms with Crippen LogP contribution in [0.15, 0.2) is 42.5 Å². The van der Waals surface area contributed by atoms with E-state index in [1.807, 2.05) is 24.3 Å². The van der Waals surface area contributed by atoms with Gasteiger partial charge in [-0.25, -0.2) is 0 Å². The molecule has 1 aliphatic rings. The van der Waals surface area contributed by atoms with Gasteiger partial charge in [0.1, 0.15) is 6.23 Å². The number of aliphatic hydroxyl groups is 1. The molecule has 9 nitrogen and oxygen atoms in total. The number of hydrogen-bond donors (Lipinski definition) is 5. The largest absolute Gasteiger partial charge is 0.377 e. The van der Waals surface area contributed by atoms with Crippen LogP contribution in [0.4, 0.5) is 0 Å². The molecular formula is C23H31Cl2N5O4. The molecule has 1 saturated heterocycles. The van der Waals surface area contributed by atoms with Crippen molar-refractivity contribution < 1.29 is 19.4 Å². The van der Waals surface area contributed by atoms with Crippen LogP contribution in [-0.4, -0.2) is 68.8 Å². The van der Waals surface area contributed by atoms with Crippen molar-refractivity contribution in [2.45, 2.75) is 24.8 Å².